The molecule has 0 bridgehead atoms. The zero-order valence-corrected chi connectivity index (χ0v) is 8.07. The molecule has 0 spiro atoms. The van der Waals surface area contributed by atoms with Crippen LogP contribution in [0.1, 0.15) is 30.9 Å². The average Bonchev–Trinajstić information content (AvgIpc) is 2.15. The summed E-state index contributed by atoms with van der Waals surface area (Å²) in [6, 6.07) is 8.28. The molecule has 0 saturated heterocycles. The first-order valence-corrected chi connectivity index (χ1v) is 4.33. The van der Waals surface area contributed by atoms with E-state index in [1.807, 2.05) is 12.1 Å². The van der Waals surface area contributed by atoms with Crippen molar-refractivity contribution >= 4 is 12.9 Å². The molecule has 68 valence electrons. The Labute approximate surface area is 79.0 Å². The van der Waals surface area contributed by atoms with E-state index in [0.717, 1.165) is 5.56 Å². The summed E-state index contributed by atoms with van der Waals surface area (Å²) in [5, 5.41) is 7.11. The summed E-state index contributed by atoms with van der Waals surface area (Å²) in [5.74, 6) is 0.573. The Kier molecular flexibility index (Phi) is 3.38. The normalized spacial score (nSPS) is 11.0. The number of benzene rings is 1. The maximum Gasteiger partial charge on any atom is 0.0567 e. The predicted molar refractivity (Wildman–Crippen MR) is 57.7 cm³/mol. The highest BCUT2D eigenvalue weighted by Gasteiger charge is 1.96. The quantitative estimate of drug-likeness (QED) is 0.497. The molecular weight excluding hydrogens is 160 g/mol. The van der Waals surface area contributed by atoms with Crippen LogP contribution >= 0.6 is 0 Å². The van der Waals surface area contributed by atoms with Gasteiger partial charge in [0.05, 0.1) is 6.21 Å². The Bertz CT molecular complexity index is 296. The van der Waals surface area contributed by atoms with E-state index >= 15 is 0 Å². The van der Waals surface area contributed by atoms with Crippen molar-refractivity contribution in [1.29, 1.82) is 0 Å². The van der Waals surface area contributed by atoms with Crippen molar-refractivity contribution in [3.63, 3.8) is 0 Å². The molecule has 0 atom stereocenters. The lowest BCUT2D eigenvalue weighted by Gasteiger charge is -2.03. The van der Waals surface area contributed by atoms with E-state index in [1.54, 1.807) is 6.21 Å². The molecule has 13 heavy (non-hydrogen) atoms. The summed E-state index contributed by atoms with van der Waals surface area (Å²) in [5.41, 5.74) is 2.39. The van der Waals surface area contributed by atoms with Gasteiger partial charge in [0.2, 0.25) is 0 Å². The van der Waals surface area contributed by atoms with Crippen LogP contribution in [0.4, 0.5) is 0 Å². The van der Waals surface area contributed by atoms with Crippen LogP contribution in [0.25, 0.3) is 0 Å². The summed E-state index contributed by atoms with van der Waals surface area (Å²) < 4.78 is 0. The second-order valence-corrected chi connectivity index (χ2v) is 3.21. The van der Waals surface area contributed by atoms with Crippen molar-refractivity contribution < 1.29 is 0 Å². The Hall–Kier alpha value is -1.44. The summed E-state index contributed by atoms with van der Waals surface area (Å²) in [7, 11) is 0. The van der Waals surface area contributed by atoms with E-state index in [2.05, 4.69) is 42.9 Å². The maximum atomic E-state index is 3.71. The molecule has 0 aliphatic heterocycles. The van der Waals surface area contributed by atoms with Crippen molar-refractivity contribution in [3.8, 4) is 0 Å². The lowest BCUT2D eigenvalue weighted by Crippen LogP contribution is -1.87. The molecule has 0 N–H and O–H groups in total. The molecule has 0 aromatic heterocycles. The molecule has 0 saturated carbocycles. The summed E-state index contributed by atoms with van der Waals surface area (Å²) in [6.07, 6.45) is 1.69. The van der Waals surface area contributed by atoms with Crippen LogP contribution in [0.3, 0.4) is 0 Å². The van der Waals surface area contributed by atoms with Crippen molar-refractivity contribution in [1.82, 2.24) is 0 Å². The van der Waals surface area contributed by atoms with E-state index in [-0.39, 0.29) is 0 Å². The third-order valence-corrected chi connectivity index (χ3v) is 1.89. The highest BCUT2D eigenvalue weighted by molar-refractivity contribution is 5.79. The number of rotatable bonds is 3. The van der Waals surface area contributed by atoms with Crippen LogP contribution in [-0.4, -0.2) is 12.9 Å². The Morgan fingerprint density at radius 2 is 1.85 bits per heavy atom. The van der Waals surface area contributed by atoms with Gasteiger partial charge in [0.15, 0.2) is 0 Å². The van der Waals surface area contributed by atoms with Crippen molar-refractivity contribution in [3.05, 3.63) is 35.4 Å². The lowest BCUT2D eigenvalue weighted by atomic mass is 10.0. The molecule has 0 amide bonds. The molecule has 2 nitrogen and oxygen atoms in total. The highest BCUT2D eigenvalue weighted by atomic mass is 15.2. The zero-order valence-electron chi connectivity index (χ0n) is 8.07. The predicted octanol–water partition coefficient (Wildman–Crippen LogP) is 2.84. The molecule has 0 aliphatic carbocycles. The third-order valence-electron chi connectivity index (χ3n) is 1.89. The molecule has 1 rings (SSSR count). The second-order valence-electron chi connectivity index (χ2n) is 3.21. The van der Waals surface area contributed by atoms with Gasteiger partial charge in [-0.15, -0.1) is 0 Å². The van der Waals surface area contributed by atoms with Gasteiger partial charge >= 0.3 is 0 Å². The summed E-state index contributed by atoms with van der Waals surface area (Å²) in [6.45, 7) is 7.62. The third kappa shape index (κ3) is 2.82. The van der Waals surface area contributed by atoms with Crippen LogP contribution < -0.4 is 0 Å². The fraction of sp³-hybridized carbons (Fsp3) is 0.273. The van der Waals surface area contributed by atoms with Crippen LogP contribution in [0.2, 0.25) is 0 Å². The standard InChI is InChI=1S/C11H14N2/c1-9(2)11-6-4-10(5-7-11)8-13-12-3/h4-9H,3H2,1-2H3/b13-8-. The number of hydrogen-bond donors (Lipinski definition) is 0. The molecule has 0 unspecified atom stereocenters. The molecule has 1 aromatic rings. The highest BCUT2D eigenvalue weighted by Crippen LogP contribution is 2.13. The van der Waals surface area contributed by atoms with Crippen LogP contribution in [-0.2, 0) is 0 Å². The first kappa shape index (κ1) is 9.65. The van der Waals surface area contributed by atoms with E-state index in [4.69, 9.17) is 0 Å². The topological polar surface area (TPSA) is 24.7 Å². The van der Waals surface area contributed by atoms with Gasteiger partial charge in [0.25, 0.3) is 0 Å². The number of hydrogen-bond acceptors (Lipinski definition) is 2. The minimum atomic E-state index is 0.573. The van der Waals surface area contributed by atoms with Crippen LogP contribution in [0.15, 0.2) is 34.5 Å². The van der Waals surface area contributed by atoms with Gasteiger partial charge in [-0.05, 0) is 17.0 Å². The molecule has 0 heterocycles. The zero-order chi connectivity index (χ0) is 9.68. The van der Waals surface area contributed by atoms with Crippen molar-refractivity contribution in [2.75, 3.05) is 0 Å². The summed E-state index contributed by atoms with van der Waals surface area (Å²) in [4.78, 5) is 0. The minimum absolute atomic E-state index is 0.573. The fourth-order valence-electron chi connectivity index (χ4n) is 1.07. The Morgan fingerprint density at radius 3 is 2.31 bits per heavy atom. The average molecular weight is 174 g/mol. The molecule has 1 aromatic carbocycles. The largest absolute Gasteiger partial charge is 0.167 e. The minimum Gasteiger partial charge on any atom is -0.167 e. The van der Waals surface area contributed by atoms with Gasteiger partial charge in [0, 0.05) is 6.72 Å². The van der Waals surface area contributed by atoms with Gasteiger partial charge < -0.3 is 0 Å². The fourth-order valence-corrected chi connectivity index (χ4v) is 1.07. The Morgan fingerprint density at radius 1 is 1.23 bits per heavy atom. The van der Waals surface area contributed by atoms with E-state index in [9.17, 15) is 0 Å². The van der Waals surface area contributed by atoms with Gasteiger partial charge in [0.1, 0.15) is 0 Å². The van der Waals surface area contributed by atoms with Crippen LogP contribution in [0, 0.1) is 0 Å². The van der Waals surface area contributed by atoms with Gasteiger partial charge in [-0.2, -0.15) is 10.2 Å². The van der Waals surface area contributed by atoms with Crippen molar-refractivity contribution in [2.45, 2.75) is 19.8 Å². The van der Waals surface area contributed by atoms with Gasteiger partial charge in [-0.25, -0.2) is 0 Å². The number of nitrogens with zero attached hydrogens (tertiary/aromatic N) is 2. The molecular formula is C11H14N2. The van der Waals surface area contributed by atoms with Crippen LogP contribution in [0.5, 0.6) is 0 Å². The molecule has 0 radical (unpaired) electrons. The maximum absolute atomic E-state index is 3.71. The Balaban J connectivity index is 2.81. The van der Waals surface area contributed by atoms with Gasteiger partial charge in [-0.3, -0.25) is 0 Å². The van der Waals surface area contributed by atoms with Gasteiger partial charge in [-0.1, -0.05) is 38.1 Å². The van der Waals surface area contributed by atoms with Crippen molar-refractivity contribution in [2.24, 2.45) is 10.2 Å². The van der Waals surface area contributed by atoms with E-state index < -0.39 is 0 Å². The molecule has 0 aliphatic rings. The molecule has 2 heteroatoms. The second kappa shape index (κ2) is 4.55. The first-order chi connectivity index (χ1) is 6.24. The monoisotopic (exact) mass is 174 g/mol. The molecule has 0 fully saturated rings. The summed E-state index contributed by atoms with van der Waals surface area (Å²) >= 11 is 0. The first-order valence-electron chi connectivity index (χ1n) is 4.33. The smallest absolute Gasteiger partial charge is 0.0567 e. The van der Waals surface area contributed by atoms with E-state index in [0.29, 0.717) is 5.92 Å². The SMILES string of the molecule is C=N/N=C\c1ccc(C(C)C)cc1. The van der Waals surface area contributed by atoms with E-state index in [1.165, 1.54) is 5.56 Å². The lowest BCUT2D eigenvalue weighted by molar-refractivity contribution is 0.866.